The Morgan fingerprint density at radius 2 is 1.94 bits per heavy atom. The van der Waals surface area contributed by atoms with E-state index in [1.807, 2.05) is 19.1 Å². The first-order chi connectivity index (χ1) is 14.9. The fourth-order valence-corrected chi connectivity index (χ4v) is 7.24. The molecule has 2 saturated carbocycles. The van der Waals surface area contributed by atoms with Gasteiger partial charge in [0.15, 0.2) is 5.78 Å². The summed E-state index contributed by atoms with van der Waals surface area (Å²) in [5.41, 5.74) is 5.59. The van der Waals surface area contributed by atoms with Gasteiger partial charge in [0.05, 0.1) is 0 Å². The van der Waals surface area contributed by atoms with Crippen LogP contribution in [0.2, 0.25) is 0 Å². The molecule has 0 aromatic heterocycles. The third-order valence-electron chi connectivity index (χ3n) is 8.79. The van der Waals surface area contributed by atoms with E-state index in [0.717, 1.165) is 44.1 Å². The quantitative estimate of drug-likeness (QED) is 0.607. The molecular formula is C29H32O2. The van der Waals surface area contributed by atoms with E-state index in [-0.39, 0.29) is 17.1 Å². The molecule has 2 fully saturated rings. The molecule has 0 bridgehead atoms. The lowest BCUT2D eigenvalue weighted by atomic mass is 9.51. The molecule has 0 spiro atoms. The van der Waals surface area contributed by atoms with Crippen LogP contribution in [0, 0.1) is 29.1 Å². The van der Waals surface area contributed by atoms with E-state index in [1.165, 1.54) is 16.7 Å². The number of allylic oxidation sites excluding steroid dienone is 4. The van der Waals surface area contributed by atoms with E-state index >= 15 is 0 Å². The summed E-state index contributed by atoms with van der Waals surface area (Å²) in [6.07, 6.45) is 10.1. The number of benzene rings is 1. The maximum absolute atomic E-state index is 12.1. The van der Waals surface area contributed by atoms with Crippen LogP contribution in [0.25, 0.3) is 6.08 Å². The van der Waals surface area contributed by atoms with Crippen molar-refractivity contribution in [1.29, 1.82) is 0 Å². The first-order valence-electron chi connectivity index (χ1n) is 11.8. The predicted molar refractivity (Wildman–Crippen MR) is 125 cm³/mol. The molecule has 160 valence electrons. The second kappa shape index (κ2) is 7.35. The molecule has 5 atom stereocenters. The van der Waals surface area contributed by atoms with Crippen molar-refractivity contribution in [2.75, 3.05) is 0 Å². The molecule has 2 heteroatoms. The molecule has 0 heterocycles. The van der Waals surface area contributed by atoms with Crippen molar-refractivity contribution < 1.29 is 9.90 Å². The van der Waals surface area contributed by atoms with E-state index in [0.29, 0.717) is 18.3 Å². The molecule has 0 unspecified atom stereocenters. The fourth-order valence-electron chi connectivity index (χ4n) is 7.24. The lowest BCUT2D eigenvalue weighted by molar-refractivity contribution is -0.114. The Labute approximate surface area is 186 Å². The summed E-state index contributed by atoms with van der Waals surface area (Å²) in [6.45, 7) is 8.03. The Balaban J connectivity index is 1.69. The molecule has 1 aromatic rings. The average Bonchev–Trinajstić information content (AvgIpc) is 3.03. The van der Waals surface area contributed by atoms with Crippen molar-refractivity contribution >= 4 is 11.9 Å². The summed E-state index contributed by atoms with van der Waals surface area (Å²) in [7, 11) is 0. The average molecular weight is 413 g/mol. The van der Waals surface area contributed by atoms with Crippen LogP contribution >= 0.6 is 0 Å². The van der Waals surface area contributed by atoms with Gasteiger partial charge >= 0.3 is 0 Å². The number of fused-ring (bicyclic) bond motifs is 4. The van der Waals surface area contributed by atoms with Crippen molar-refractivity contribution in [3.63, 3.8) is 0 Å². The van der Waals surface area contributed by atoms with Gasteiger partial charge in [0.2, 0.25) is 0 Å². The Bertz CT molecular complexity index is 1060. The minimum Gasteiger partial charge on any atom is -0.377 e. The molecule has 2 nitrogen and oxygen atoms in total. The zero-order chi connectivity index (χ0) is 21.8. The Hall–Kier alpha value is -2.37. The summed E-state index contributed by atoms with van der Waals surface area (Å²) < 4.78 is 0. The molecular weight excluding hydrogens is 380 g/mol. The summed E-state index contributed by atoms with van der Waals surface area (Å²) >= 11 is 0. The van der Waals surface area contributed by atoms with Crippen LogP contribution < -0.4 is 0 Å². The van der Waals surface area contributed by atoms with Crippen molar-refractivity contribution in [2.45, 2.75) is 70.3 Å². The van der Waals surface area contributed by atoms with Crippen LogP contribution in [0.4, 0.5) is 0 Å². The number of aliphatic hydroxyl groups is 1. The van der Waals surface area contributed by atoms with Gasteiger partial charge in [-0.1, -0.05) is 55.3 Å². The van der Waals surface area contributed by atoms with E-state index in [1.54, 1.807) is 5.57 Å². The lowest BCUT2D eigenvalue weighted by Gasteiger charge is -2.53. The smallest absolute Gasteiger partial charge is 0.156 e. The number of carbonyl (C=O) groups excluding carboxylic acids is 1. The maximum atomic E-state index is 12.1. The minimum absolute atomic E-state index is 0.224. The van der Waals surface area contributed by atoms with Crippen LogP contribution in [0.15, 0.2) is 53.6 Å². The maximum Gasteiger partial charge on any atom is 0.156 e. The van der Waals surface area contributed by atoms with E-state index in [4.69, 9.17) is 0 Å². The summed E-state index contributed by atoms with van der Waals surface area (Å²) in [5.74, 6) is 7.72. The molecule has 0 amide bonds. The van der Waals surface area contributed by atoms with E-state index in [9.17, 15) is 9.90 Å². The zero-order valence-electron chi connectivity index (χ0n) is 18.7. The van der Waals surface area contributed by atoms with Crippen LogP contribution in [0.3, 0.4) is 0 Å². The molecule has 31 heavy (non-hydrogen) atoms. The highest BCUT2D eigenvalue weighted by molar-refractivity contribution is 5.93. The second-order valence-electron chi connectivity index (χ2n) is 10.1. The standard InChI is InChI=1S/C29H32O2/c1-4-15-29(31)16-14-26-24-12-10-21-17-22(30)11-13-23(21)27(24)25(18-28(26,29)3)20-8-6-19(5-2)7-9-20/h5-9,17,24-26,31H,2,10-14,16,18H2,1,3H3/t24-,25+,26-,28-,29-/m0/s1. The zero-order valence-corrected chi connectivity index (χ0v) is 18.7. The van der Waals surface area contributed by atoms with Gasteiger partial charge in [-0.15, -0.1) is 5.92 Å². The third-order valence-corrected chi connectivity index (χ3v) is 8.79. The topological polar surface area (TPSA) is 37.3 Å². The largest absolute Gasteiger partial charge is 0.377 e. The normalized spacial score (nSPS) is 36.5. The fraction of sp³-hybridized carbons (Fsp3) is 0.483. The van der Waals surface area contributed by atoms with E-state index < -0.39 is 5.60 Å². The van der Waals surface area contributed by atoms with Gasteiger partial charge < -0.3 is 5.11 Å². The number of rotatable bonds is 2. The predicted octanol–water partition coefficient (Wildman–Crippen LogP) is 5.98. The molecule has 0 aliphatic heterocycles. The van der Waals surface area contributed by atoms with E-state index in [2.05, 4.69) is 49.6 Å². The van der Waals surface area contributed by atoms with Crippen molar-refractivity contribution in [1.82, 2.24) is 0 Å². The highest BCUT2D eigenvalue weighted by Gasteiger charge is 2.62. The minimum atomic E-state index is -0.916. The highest BCUT2D eigenvalue weighted by Crippen LogP contribution is 2.66. The highest BCUT2D eigenvalue weighted by atomic mass is 16.3. The number of carbonyl (C=O) groups is 1. The molecule has 0 radical (unpaired) electrons. The summed E-state index contributed by atoms with van der Waals surface area (Å²) in [6, 6.07) is 8.77. The summed E-state index contributed by atoms with van der Waals surface area (Å²) in [4.78, 5) is 12.1. The number of hydrogen-bond acceptors (Lipinski definition) is 2. The SMILES string of the molecule is C=Cc1ccc([C@H]2C[C@@]3(C)[C@@H](CC[C@@]3(O)C#CC)[C@@H]3CCC4=CC(=O)CCC4=C32)cc1. The van der Waals surface area contributed by atoms with Gasteiger partial charge in [0.25, 0.3) is 0 Å². The molecule has 4 aliphatic carbocycles. The van der Waals surface area contributed by atoms with Gasteiger partial charge in [-0.2, -0.15) is 0 Å². The van der Waals surface area contributed by atoms with Crippen molar-refractivity contribution in [3.8, 4) is 11.8 Å². The Morgan fingerprint density at radius 1 is 1.16 bits per heavy atom. The van der Waals surface area contributed by atoms with Gasteiger partial charge in [-0.3, -0.25) is 4.79 Å². The van der Waals surface area contributed by atoms with Crippen LogP contribution in [0.5, 0.6) is 0 Å². The summed E-state index contributed by atoms with van der Waals surface area (Å²) in [5, 5.41) is 11.7. The van der Waals surface area contributed by atoms with Crippen molar-refractivity contribution in [2.24, 2.45) is 17.3 Å². The molecule has 5 rings (SSSR count). The van der Waals surface area contributed by atoms with Gasteiger partial charge in [-0.25, -0.2) is 0 Å². The Morgan fingerprint density at radius 3 is 2.65 bits per heavy atom. The Kier molecular flexibility index (Phi) is 4.87. The number of ketones is 1. The van der Waals surface area contributed by atoms with Gasteiger partial charge in [0.1, 0.15) is 5.60 Å². The van der Waals surface area contributed by atoms with Gasteiger partial charge in [-0.05, 0) is 85.6 Å². The van der Waals surface area contributed by atoms with Gasteiger partial charge in [0, 0.05) is 17.8 Å². The van der Waals surface area contributed by atoms with Crippen LogP contribution in [-0.2, 0) is 4.79 Å². The molecule has 1 N–H and O–H groups in total. The first kappa shape index (κ1) is 20.5. The monoisotopic (exact) mass is 412 g/mol. The van der Waals surface area contributed by atoms with Crippen LogP contribution in [-0.4, -0.2) is 16.5 Å². The van der Waals surface area contributed by atoms with Crippen molar-refractivity contribution in [3.05, 3.63) is 64.8 Å². The van der Waals surface area contributed by atoms with Crippen LogP contribution in [0.1, 0.15) is 75.8 Å². The second-order valence-corrected chi connectivity index (χ2v) is 10.1. The molecule has 1 aromatic carbocycles. The molecule has 4 aliphatic rings. The molecule has 0 saturated heterocycles. The first-order valence-corrected chi connectivity index (χ1v) is 11.8. The lowest BCUT2D eigenvalue weighted by Crippen LogP contribution is -2.51. The number of hydrogen-bond donors (Lipinski definition) is 1. The third kappa shape index (κ3) is 3.01.